The van der Waals surface area contributed by atoms with E-state index in [2.05, 4.69) is 4.52 Å². The highest BCUT2D eigenvalue weighted by atomic mass is 31.2. The molecule has 1 saturated heterocycles. The van der Waals surface area contributed by atoms with Crippen LogP contribution in [-0.4, -0.2) is 43.0 Å². The van der Waals surface area contributed by atoms with Crippen LogP contribution in [0, 0.1) is 0 Å². The number of ether oxygens (including phenoxy) is 2. The van der Waals surface area contributed by atoms with Crippen molar-refractivity contribution >= 4 is 7.82 Å². The van der Waals surface area contributed by atoms with Crippen LogP contribution in [0.25, 0.3) is 0 Å². The highest BCUT2D eigenvalue weighted by Gasteiger charge is 2.59. The molecule has 0 aromatic heterocycles. The van der Waals surface area contributed by atoms with Gasteiger partial charge in [0, 0.05) is 20.6 Å². The first-order valence-electron chi connectivity index (χ1n) is 5.70. The first kappa shape index (κ1) is 13.5. The molecule has 1 N–H and O–H groups in total. The zero-order valence-electron chi connectivity index (χ0n) is 10.3. The molecule has 17 heavy (non-hydrogen) atoms. The lowest BCUT2D eigenvalue weighted by Gasteiger charge is -2.30. The number of fused-ring (bicyclic) bond motifs is 1. The normalized spacial score (nSPS) is 44.6. The van der Waals surface area contributed by atoms with Crippen LogP contribution in [-0.2, 0) is 23.1 Å². The van der Waals surface area contributed by atoms with Gasteiger partial charge < -0.3 is 14.4 Å². The van der Waals surface area contributed by atoms with E-state index in [-0.39, 0.29) is 18.3 Å². The zero-order chi connectivity index (χ0) is 12.7. The van der Waals surface area contributed by atoms with Gasteiger partial charge in [-0.15, -0.1) is 0 Å². The third-order valence-corrected chi connectivity index (χ3v) is 4.61. The van der Waals surface area contributed by atoms with Crippen molar-refractivity contribution in [2.75, 3.05) is 14.2 Å². The second-order valence-electron chi connectivity index (χ2n) is 4.69. The van der Waals surface area contributed by atoms with Gasteiger partial charge in [-0.2, -0.15) is 0 Å². The summed E-state index contributed by atoms with van der Waals surface area (Å²) in [7, 11) is -1.23. The minimum Gasteiger partial charge on any atom is -0.379 e. The van der Waals surface area contributed by atoms with Crippen molar-refractivity contribution in [3.05, 3.63) is 0 Å². The largest absolute Gasteiger partial charge is 0.472 e. The summed E-state index contributed by atoms with van der Waals surface area (Å²) in [4.78, 5) is 9.49. The average Bonchev–Trinajstić information content (AvgIpc) is 2.71. The van der Waals surface area contributed by atoms with Gasteiger partial charge in [0.1, 0.15) is 11.7 Å². The Kier molecular flexibility index (Phi) is 3.65. The van der Waals surface area contributed by atoms with Gasteiger partial charge in [0.2, 0.25) is 0 Å². The van der Waals surface area contributed by atoms with E-state index >= 15 is 0 Å². The molecule has 0 radical (unpaired) electrons. The lowest BCUT2D eigenvalue weighted by molar-refractivity contribution is -0.0787. The van der Waals surface area contributed by atoms with E-state index in [0.29, 0.717) is 12.8 Å². The molecule has 5 atom stereocenters. The van der Waals surface area contributed by atoms with Crippen molar-refractivity contribution in [1.82, 2.24) is 0 Å². The molecule has 2 fully saturated rings. The van der Waals surface area contributed by atoms with Crippen LogP contribution in [0.2, 0.25) is 0 Å². The van der Waals surface area contributed by atoms with E-state index in [1.807, 2.05) is 6.92 Å². The van der Waals surface area contributed by atoms with E-state index in [9.17, 15) is 9.46 Å². The summed E-state index contributed by atoms with van der Waals surface area (Å²) in [5.41, 5.74) is -0.750. The molecule has 1 saturated carbocycles. The highest BCUT2D eigenvalue weighted by Crippen LogP contribution is 2.56. The van der Waals surface area contributed by atoms with E-state index < -0.39 is 13.4 Å². The summed E-state index contributed by atoms with van der Waals surface area (Å²) < 4.78 is 32.5. The van der Waals surface area contributed by atoms with Crippen molar-refractivity contribution in [3.8, 4) is 0 Å². The van der Waals surface area contributed by atoms with E-state index in [0.717, 1.165) is 13.5 Å². The molecular weight excluding hydrogens is 247 g/mol. The maximum absolute atomic E-state index is 11.6. The van der Waals surface area contributed by atoms with E-state index in [1.54, 1.807) is 7.11 Å². The summed E-state index contributed by atoms with van der Waals surface area (Å²) >= 11 is 0. The van der Waals surface area contributed by atoms with Crippen LogP contribution in [0.3, 0.4) is 0 Å². The predicted octanol–water partition coefficient (Wildman–Crippen LogP) is 1.47. The smallest absolute Gasteiger partial charge is 0.379 e. The van der Waals surface area contributed by atoms with Crippen molar-refractivity contribution in [2.45, 2.75) is 50.1 Å². The Bertz CT molecular complexity index is 335. The molecule has 0 bridgehead atoms. The number of phosphoric ester groups is 1. The molecule has 1 heterocycles. The summed E-state index contributed by atoms with van der Waals surface area (Å²) in [5.74, 6) is 0. The standard InChI is InChI=1S/C10H19O6P/c1-7-6-10(16-17(11,12)14-3)5-4-8(13-2)9(10)15-7/h7-9H,4-6H2,1-3H3,(H,11,12)/t7-,8-,9?,10?/m0/s1. The van der Waals surface area contributed by atoms with Crippen LogP contribution in [0.15, 0.2) is 0 Å². The SMILES string of the molecule is CO[C@H]1CCC2(OP(=O)(O)OC)C[C@H](C)OC12. The Morgan fingerprint density at radius 2 is 2.18 bits per heavy atom. The van der Waals surface area contributed by atoms with Gasteiger partial charge in [-0.05, 0) is 19.8 Å². The maximum Gasteiger partial charge on any atom is 0.472 e. The second-order valence-corrected chi connectivity index (χ2v) is 6.18. The first-order valence-corrected chi connectivity index (χ1v) is 7.19. The van der Waals surface area contributed by atoms with E-state index in [1.165, 1.54) is 0 Å². The molecule has 2 aliphatic rings. The van der Waals surface area contributed by atoms with Crippen LogP contribution >= 0.6 is 7.82 Å². The van der Waals surface area contributed by atoms with Crippen molar-refractivity contribution < 1.29 is 28.0 Å². The fourth-order valence-corrected chi connectivity index (χ4v) is 3.68. The third kappa shape index (κ3) is 2.43. The molecule has 0 aromatic rings. The summed E-state index contributed by atoms with van der Waals surface area (Å²) in [6.45, 7) is 1.92. The second kappa shape index (κ2) is 4.61. The Morgan fingerprint density at radius 1 is 1.47 bits per heavy atom. The third-order valence-electron chi connectivity index (χ3n) is 3.55. The summed E-state index contributed by atoms with van der Waals surface area (Å²) in [5, 5.41) is 0. The van der Waals surface area contributed by atoms with Gasteiger partial charge in [-0.25, -0.2) is 4.57 Å². The molecule has 3 unspecified atom stereocenters. The summed E-state index contributed by atoms with van der Waals surface area (Å²) in [6.07, 6.45) is 1.61. The molecule has 6 nitrogen and oxygen atoms in total. The van der Waals surface area contributed by atoms with Gasteiger partial charge >= 0.3 is 7.82 Å². The maximum atomic E-state index is 11.6. The molecule has 2 rings (SSSR count). The molecule has 0 amide bonds. The highest BCUT2D eigenvalue weighted by molar-refractivity contribution is 7.47. The number of hydrogen-bond donors (Lipinski definition) is 1. The molecule has 7 heteroatoms. The molecule has 1 aliphatic heterocycles. The van der Waals surface area contributed by atoms with Gasteiger partial charge in [0.25, 0.3) is 0 Å². The van der Waals surface area contributed by atoms with Crippen molar-refractivity contribution in [2.24, 2.45) is 0 Å². The summed E-state index contributed by atoms with van der Waals surface area (Å²) in [6, 6.07) is 0. The minimum absolute atomic E-state index is 0.00481. The molecule has 100 valence electrons. The fourth-order valence-electron chi connectivity index (χ4n) is 2.88. The van der Waals surface area contributed by atoms with Gasteiger partial charge in [0.05, 0.1) is 12.2 Å². The van der Waals surface area contributed by atoms with Crippen LogP contribution in [0.5, 0.6) is 0 Å². The molecule has 0 aromatic carbocycles. The molecule has 0 spiro atoms. The average molecular weight is 266 g/mol. The van der Waals surface area contributed by atoms with Crippen LogP contribution < -0.4 is 0 Å². The quantitative estimate of drug-likeness (QED) is 0.777. The molecule has 1 aliphatic carbocycles. The van der Waals surface area contributed by atoms with Crippen LogP contribution in [0.1, 0.15) is 26.2 Å². The van der Waals surface area contributed by atoms with Crippen LogP contribution in [0.4, 0.5) is 0 Å². The van der Waals surface area contributed by atoms with Crippen molar-refractivity contribution in [3.63, 3.8) is 0 Å². The van der Waals surface area contributed by atoms with Gasteiger partial charge in [-0.3, -0.25) is 9.05 Å². The zero-order valence-corrected chi connectivity index (χ0v) is 11.2. The van der Waals surface area contributed by atoms with E-state index in [4.69, 9.17) is 14.0 Å². The Morgan fingerprint density at radius 3 is 2.76 bits per heavy atom. The van der Waals surface area contributed by atoms with Gasteiger partial charge in [-0.1, -0.05) is 0 Å². The number of hydrogen-bond acceptors (Lipinski definition) is 5. The Labute approximate surface area is 101 Å². The van der Waals surface area contributed by atoms with Gasteiger partial charge in [0.15, 0.2) is 0 Å². The Hall–Kier alpha value is 0.0300. The minimum atomic E-state index is -4.00. The fraction of sp³-hybridized carbons (Fsp3) is 1.00. The number of methoxy groups -OCH3 is 1. The monoisotopic (exact) mass is 266 g/mol. The lowest BCUT2D eigenvalue weighted by Crippen LogP contribution is -2.40. The number of rotatable bonds is 4. The predicted molar refractivity (Wildman–Crippen MR) is 59.6 cm³/mol. The number of phosphoric acid groups is 1. The van der Waals surface area contributed by atoms with Crippen molar-refractivity contribution in [1.29, 1.82) is 0 Å². The lowest BCUT2D eigenvalue weighted by atomic mass is 9.96. The Balaban J connectivity index is 2.19. The topological polar surface area (TPSA) is 74.2 Å². The molecular formula is C10H19O6P. The first-order chi connectivity index (χ1) is 7.92.